The Morgan fingerprint density at radius 2 is 0.681 bits per heavy atom. The molecule has 113 heavy (non-hydrogen) atoms. The zero-order chi connectivity index (χ0) is 86.4. The fourth-order valence-electron chi connectivity index (χ4n) is 8.26. The molecule has 0 aromatic carbocycles. The summed E-state index contributed by atoms with van der Waals surface area (Å²) in [6, 6.07) is 0. The molecule has 0 aromatic heterocycles. The molecule has 656 valence electrons. The van der Waals surface area contributed by atoms with E-state index in [0.717, 1.165) is 120 Å². The van der Waals surface area contributed by atoms with E-state index in [1.54, 1.807) is 34.8 Å². The monoisotopic (exact) mass is 1620 g/mol. The molecule has 11 unspecified atom stereocenters. The van der Waals surface area contributed by atoms with Crippen LogP contribution in [0.4, 0.5) is 0 Å². The molecule has 0 radical (unpaired) electrons. The number of likely N-dealkylation sites (N-methyl/N-ethyl adjacent to an activating group) is 1. The quantitative estimate of drug-likeness (QED) is 0.0179. The smallest absolute Gasteiger partial charge is 0.330 e. The van der Waals surface area contributed by atoms with Gasteiger partial charge in [-0.3, -0.25) is 4.90 Å². The van der Waals surface area contributed by atoms with Crippen molar-refractivity contribution in [3.63, 3.8) is 0 Å². The van der Waals surface area contributed by atoms with Crippen molar-refractivity contribution in [3.05, 3.63) is 101 Å². The van der Waals surface area contributed by atoms with Crippen molar-refractivity contribution in [3.8, 4) is 0 Å². The molecule has 3 heterocycles. The first kappa shape index (κ1) is 115. The standard InChI is InChI=1S/C12H22O4.C11H21NO3.C11H18O4.C11H20O4.C10H18O5.C10H16O4.C9H16O3.C8H12O3/c1-6-12(13)16-11(5)8-15-10(4)7-14-9(2)3;1-5-11(13)15-9-10(14-8-4)12(6-2)7-3;1-3-11(12)15-9(2)7-13-8-10-5-4-6-14-10;1-5-11(12)15-10(4)8-14-9(3)7-13-6-2;1-4-9(11)15-7-6-13-8-10(12-3)14-5-2;1-2-10(11)14-7-6-12-8-9-4-3-5-13-9;1-5-9(10)12-8(4)6-11-7(2)3;1-2-8(9)11-6-7-4-3-5-10-7/h6,9-11H,1,7-8H2,2-5H3;5,10H,1,6-9H2,2-4H3;3,9-10H,1,4-8H2,2H3;5,9-10H,1,6-8H2,2-4H3;4,10H,1,5-8H2,2-3H3;2,9H,1,3-8H2;5,7-8H,1,6H2,2-4H3;2,7H,1,3-6H2. The summed E-state index contributed by atoms with van der Waals surface area (Å²) in [5, 5.41) is 0. The highest BCUT2D eigenvalue weighted by atomic mass is 16.7. The molecule has 11 atom stereocenters. The van der Waals surface area contributed by atoms with E-state index in [0.29, 0.717) is 99.1 Å². The van der Waals surface area contributed by atoms with Crippen LogP contribution in [0, 0.1) is 0 Å². The predicted octanol–water partition coefficient (Wildman–Crippen LogP) is 10.3. The van der Waals surface area contributed by atoms with Crippen molar-refractivity contribution in [1.82, 2.24) is 4.90 Å². The molecule has 0 N–H and O–H groups in total. The fourth-order valence-corrected chi connectivity index (χ4v) is 8.26. The van der Waals surface area contributed by atoms with Gasteiger partial charge in [0, 0.05) is 95.4 Å². The van der Waals surface area contributed by atoms with E-state index in [2.05, 4.69) is 57.5 Å². The van der Waals surface area contributed by atoms with Gasteiger partial charge in [-0.1, -0.05) is 66.5 Å². The Morgan fingerprint density at radius 3 is 1.04 bits per heavy atom. The summed E-state index contributed by atoms with van der Waals surface area (Å²) in [4.78, 5) is 88.0. The lowest BCUT2D eigenvalue weighted by Crippen LogP contribution is -2.41. The van der Waals surface area contributed by atoms with Crippen LogP contribution in [0.5, 0.6) is 0 Å². The van der Waals surface area contributed by atoms with Crippen molar-refractivity contribution >= 4 is 47.8 Å². The summed E-state index contributed by atoms with van der Waals surface area (Å²) in [5.41, 5.74) is 0. The minimum atomic E-state index is -0.452. The van der Waals surface area contributed by atoms with E-state index in [1.807, 2.05) is 76.2 Å². The molecular weight excluding hydrogens is 1480 g/mol. The van der Waals surface area contributed by atoms with Crippen molar-refractivity contribution in [1.29, 1.82) is 0 Å². The van der Waals surface area contributed by atoms with E-state index in [-0.39, 0.29) is 105 Å². The topological polar surface area (TPSA) is 343 Å². The number of nitrogens with zero attached hydrogens (tertiary/aromatic N) is 1. The van der Waals surface area contributed by atoms with Gasteiger partial charge < -0.3 is 104 Å². The fraction of sp³-hybridized carbons (Fsp3) is 0.707. The Bertz CT molecular complexity index is 2460. The summed E-state index contributed by atoms with van der Waals surface area (Å²) in [7, 11) is 1.54. The maximum Gasteiger partial charge on any atom is 0.330 e. The number of carbonyl (C=O) groups excluding carboxylic acids is 8. The average molecular weight is 1620 g/mol. The van der Waals surface area contributed by atoms with Gasteiger partial charge in [0.25, 0.3) is 0 Å². The number of ether oxygens (including phenoxy) is 22. The zero-order valence-corrected chi connectivity index (χ0v) is 71.0. The Hall–Kier alpha value is -6.92. The maximum atomic E-state index is 10.9. The molecule has 3 aliphatic heterocycles. The summed E-state index contributed by atoms with van der Waals surface area (Å²) < 4.78 is 113. The first-order valence-corrected chi connectivity index (χ1v) is 38.5. The molecule has 31 heteroatoms. The largest absolute Gasteiger partial charge is 0.460 e. The molecule has 0 aromatic rings. The second-order valence-electron chi connectivity index (χ2n) is 24.8. The molecule has 0 amide bonds. The molecule has 3 aliphatic rings. The minimum Gasteiger partial charge on any atom is -0.460 e. The molecule has 3 fully saturated rings. The molecule has 0 aliphatic carbocycles. The van der Waals surface area contributed by atoms with E-state index in [9.17, 15) is 38.4 Å². The molecule has 31 nitrogen and oxygen atoms in total. The molecular formula is C82H143NO30. The van der Waals surface area contributed by atoms with Gasteiger partial charge in [0.15, 0.2) is 6.29 Å². The van der Waals surface area contributed by atoms with Gasteiger partial charge in [0.2, 0.25) is 0 Å². The Morgan fingerprint density at radius 1 is 0.345 bits per heavy atom. The van der Waals surface area contributed by atoms with Crippen LogP contribution in [0.3, 0.4) is 0 Å². The van der Waals surface area contributed by atoms with Gasteiger partial charge >= 0.3 is 47.8 Å². The lowest BCUT2D eigenvalue weighted by Gasteiger charge is -2.28. The van der Waals surface area contributed by atoms with Gasteiger partial charge in [-0.2, -0.15) is 0 Å². The Balaban J connectivity index is -0.000000394. The third-order valence-electron chi connectivity index (χ3n) is 13.9. The summed E-state index contributed by atoms with van der Waals surface area (Å²) in [5.74, 6) is -3.33. The third-order valence-corrected chi connectivity index (χ3v) is 13.9. The van der Waals surface area contributed by atoms with Gasteiger partial charge in [-0.25, -0.2) is 38.4 Å². The van der Waals surface area contributed by atoms with Crippen LogP contribution < -0.4 is 0 Å². The molecule has 0 saturated carbocycles. The van der Waals surface area contributed by atoms with Gasteiger partial charge in [-0.15, -0.1) is 0 Å². The number of esters is 8. The van der Waals surface area contributed by atoms with Crippen LogP contribution in [-0.4, -0.2) is 291 Å². The van der Waals surface area contributed by atoms with E-state index in [1.165, 1.54) is 0 Å². The molecule has 0 spiro atoms. The normalized spacial score (nSPS) is 16.4. The van der Waals surface area contributed by atoms with Gasteiger partial charge in [0.1, 0.15) is 57.1 Å². The van der Waals surface area contributed by atoms with Crippen LogP contribution >= 0.6 is 0 Å². The van der Waals surface area contributed by atoms with E-state index < -0.39 is 41.8 Å². The number of hydrogen-bond donors (Lipinski definition) is 0. The number of rotatable bonds is 53. The third kappa shape index (κ3) is 80.1. The van der Waals surface area contributed by atoms with Crippen LogP contribution in [0.1, 0.15) is 142 Å². The lowest BCUT2D eigenvalue weighted by molar-refractivity contribution is -0.159. The SMILES string of the molecule is C=CC(=O)OC(C)COC(C)C.C=CC(=O)OC(C)COC(C)COC(C)C.C=CC(=O)OC(C)COC(C)COCC.C=CC(=O)OC(C)COCC1CCCO1.C=CC(=O)OCC(OCC)N(CC)CC.C=CC(=O)OCC1CCCO1.C=CC(=O)OCCOCC(OC)OCC.C=CC(=O)OCCOCC1CCCO1. The van der Waals surface area contributed by atoms with Crippen LogP contribution in [0.25, 0.3) is 0 Å². The second-order valence-corrected chi connectivity index (χ2v) is 24.8. The summed E-state index contributed by atoms with van der Waals surface area (Å²) in [6.07, 6.45) is 14.9. The first-order valence-electron chi connectivity index (χ1n) is 38.5. The van der Waals surface area contributed by atoms with Crippen molar-refractivity contribution in [2.75, 3.05) is 159 Å². The Labute approximate surface area is 674 Å². The van der Waals surface area contributed by atoms with Crippen molar-refractivity contribution in [2.24, 2.45) is 0 Å². The van der Waals surface area contributed by atoms with Crippen molar-refractivity contribution in [2.45, 2.75) is 222 Å². The highest BCUT2D eigenvalue weighted by Crippen LogP contribution is 2.14. The maximum absolute atomic E-state index is 10.9. The number of hydrogen-bond acceptors (Lipinski definition) is 31. The number of carbonyl (C=O) groups is 8. The zero-order valence-electron chi connectivity index (χ0n) is 71.0. The molecule has 3 rings (SSSR count). The van der Waals surface area contributed by atoms with E-state index >= 15 is 0 Å². The van der Waals surface area contributed by atoms with Gasteiger partial charge in [0.05, 0.1) is 115 Å². The minimum absolute atomic E-state index is 0.00715. The second kappa shape index (κ2) is 81.6. The van der Waals surface area contributed by atoms with Crippen LogP contribution in [0.15, 0.2) is 101 Å². The first-order chi connectivity index (χ1) is 53.9. The van der Waals surface area contributed by atoms with Crippen molar-refractivity contribution < 1.29 is 143 Å². The highest BCUT2D eigenvalue weighted by molar-refractivity contribution is 5.83. The summed E-state index contributed by atoms with van der Waals surface area (Å²) >= 11 is 0. The Kier molecular flexibility index (Phi) is 82.8. The molecule has 0 bridgehead atoms. The number of methoxy groups -OCH3 is 1. The predicted molar refractivity (Wildman–Crippen MR) is 427 cm³/mol. The highest BCUT2D eigenvalue weighted by Gasteiger charge is 2.21. The average Bonchev–Trinajstić information content (AvgIpc) is 1.90. The van der Waals surface area contributed by atoms with Crippen LogP contribution in [0.2, 0.25) is 0 Å². The van der Waals surface area contributed by atoms with E-state index in [4.69, 9.17) is 104 Å². The molecule has 3 saturated heterocycles. The lowest BCUT2D eigenvalue weighted by atomic mass is 10.2. The van der Waals surface area contributed by atoms with Crippen LogP contribution in [-0.2, 0) is 143 Å². The van der Waals surface area contributed by atoms with Gasteiger partial charge in [-0.05, 0) is 142 Å². The summed E-state index contributed by atoms with van der Waals surface area (Å²) in [6.45, 7) is 67.0.